The van der Waals surface area contributed by atoms with Crippen molar-refractivity contribution in [2.75, 3.05) is 6.61 Å². The van der Waals surface area contributed by atoms with E-state index >= 15 is 0 Å². The van der Waals surface area contributed by atoms with Gasteiger partial charge in [-0.1, -0.05) is 154 Å². The summed E-state index contributed by atoms with van der Waals surface area (Å²) in [6, 6.07) is -1.00. The van der Waals surface area contributed by atoms with Crippen LogP contribution in [0.2, 0.25) is 0 Å². The van der Waals surface area contributed by atoms with Crippen LogP contribution in [0, 0.1) is 0 Å². The molecular weight excluding hydrogens is 538 g/mol. The smallest absolute Gasteiger partial charge is 0.249 e. The van der Waals surface area contributed by atoms with E-state index in [0.29, 0.717) is 19.3 Å². The lowest BCUT2D eigenvalue weighted by Gasteiger charge is -2.27. The van der Waals surface area contributed by atoms with E-state index in [1.807, 2.05) is 0 Å². The Kier molecular flexibility index (Phi) is 31.3. The van der Waals surface area contributed by atoms with Gasteiger partial charge in [-0.15, -0.1) is 0 Å². The van der Waals surface area contributed by atoms with Crippen LogP contribution in [-0.2, 0) is 4.79 Å². The molecule has 5 N–H and O–H groups in total. The van der Waals surface area contributed by atoms with Gasteiger partial charge < -0.3 is 25.7 Å². The maximum absolute atomic E-state index is 12.4. The van der Waals surface area contributed by atoms with Crippen molar-refractivity contribution in [2.24, 2.45) is 0 Å². The molecule has 4 unspecified atom stereocenters. The average molecular weight is 610 g/mol. The Bertz CT molecular complexity index is 653. The molecule has 0 saturated heterocycles. The lowest BCUT2D eigenvalue weighted by atomic mass is 10.00. The predicted octanol–water partition coefficient (Wildman–Crippen LogP) is 8.45. The van der Waals surface area contributed by atoms with Crippen molar-refractivity contribution < 1.29 is 25.2 Å². The molecule has 6 nitrogen and oxygen atoms in total. The first kappa shape index (κ1) is 41.8. The Labute approximate surface area is 265 Å². The first-order valence-electron chi connectivity index (χ1n) is 18.2. The maximum atomic E-state index is 12.4. The van der Waals surface area contributed by atoms with Gasteiger partial charge in [0.05, 0.1) is 18.8 Å². The van der Waals surface area contributed by atoms with E-state index in [9.17, 15) is 25.2 Å². The number of aliphatic hydroxyl groups excluding tert-OH is 4. The van der Waals surface area contributed by atoms with Crippen LogP contribution in [0.5, 0.6) is 0 Å². The first-order valence-corrected chi connectivity index (χ1v) is 18.2. The van der Waals surface area contributed by atoms with Gasteiger partial charge in [0.2, 0.25) is 5.91 Å². The fourth-order valence-electron chi connectivity index (χ4n) is 5.40. The first-order chi connectivity index (χ1) is 21.0. The summed E-state index contributed by atoms with van der Waals surface area (Å²) in [5, 5.41) is 43.3. The van der Waals surface area contributed by atoms with Gasteiger partial charge in [-0.05, 0) is 44.9 Å². The second-order valence-corrected chi connectivity index (χ2v) is 12.6. The van der Waals surface area contributed by atoms with Crippen LogP contribution >= 0.6 is 0 Å². The van der Waals surface area contributed by atoms with Crippen molar-refractivity contribution in [2.45, 2.75) is 199 Å². The van der Waals surface area contributed by atoms with Gasteiger partial charge in [-0.25, -0.2) is 0 Å². The Morgan fingerprint density at radius 1 is 0.558 bits per heavy atom. The highest BCUT2D eigenvalue weighted by Gasteiger charge is 2.28. The van der Waals surface area contributed by atoms with Gasteiger partial charge in [-0.2, -0.15) is 0 Å². The van der Waals surface area contributed by atoms with Crippen molar-refractivity contribution in [3.63, 3.8) is 0 Å². The molecule has 0 aromatic rings. The minimum absolute atomic E-state index is 0.363. The highest BCUT2D eigenvalue weighted by atomic mass is 16.3. The van der Waals surface area contributed by atoms with Gasteiger partial charge in [0.15, 0.2) is 0 Å². The SMILES string of the molecule is CCCC/C=C/CC/C=C/CCCC(O)C(O)C(CO)NC(=O)C(O)CCCCCCCCCCCCCCCCCC. The molecule has 0 aliphatic heterocycles. The van der Waals surface area contributed by atoms with E-state index in [0.717, 1.165) is 44.9 Å². The number of hydrogen-bond acceptors (Lipinski definition) is 5. The predicted molar refractivity (Wildman–Crippen MR) is 182 cm³/mol. The number of rotatable bonds is 32. The molecule has 0 aromatic carbocycles. The second kappa shape index (κ2) is 32.2. The quantitative estimate of drug-likeness (QED) is 0.0388. The minimum atomic E-state index is -1.28. The Hall–Kier alpha value is -1.21. The van der Waals surface area contributed by atoms with Crippen LogP contribution in [0.4, 0.5) is 0 Å². The third-order valence-corrected chi connectivity index (χ3v) is 8.39. The van der Waals surface area contributed by atoms with Crippen LogP contribution < -0.4 is 5.32 Å². The number of carbonyl (C=O) groups is 1. The largest absolute Gasteiger partial charge is 0.394 e. The molecule has 0 heterocycles. The van der Waals surface area contributed by atoms with Gasteiger partial charge in [0, 0.05) is 0 Å². The molecule has 0 aromatic heterocycles. The zero-order valence-electron chi connectivity index (χ0n) is 28.2. The summed E-state index contributed by atoms with van der Waals surface area (Å²) in [5.41, 5.74) is 0. The van der Waals surface area contributed by atoms with Crippen molar-refractivity contribution in [1.82, 2.24) is 5.32 Å². The summed E-state index contributed by atoms with van der Waals surface area (Å²) in [5.74, 6) is -0.599. The summed E-state index contributed by atoms with van der Waals surface area (Å²) >= 11 is 0. The third kappa shape index (κ3) is 26.9. The monoisotopic (exact) mass is 610 g/mol. The number of amides is 1. The van der Waals surface area contributed by atoms with Crippen LogP contribution in [-0.4, -0.2) is 57.3 Å². The third-order valence-electron chi connectivity index (χ3n) is 8.39. The van der Waals surface area contributed by atoms with E-state index in [1.54, 1.807) is 0 Å². The average Bonchev–Trinajstić information content (AvgIpc) is 3.01. The highest BCUT2D eigenvalue weighted by Crippen LogP contribution is 2.15. The van der Waals surface area contributed by atoms with Crippen molar-refractivity contribution in [3.05, 3.63) is 24.3 Å². The fraction of sp³-hybridized carbons (Fsp3) is 0.865. The minimum Gasteiger partial charge on any atom is -0.394 e. The Morgan fingerprint density at radius 3 is 1.44 bits per heavy atom. The van der Waals surface area contributed by atoms with E-state index in [1.165, 1.54) is 96.3 Å². The van der Waals surface area contributed by atoms with Crippen molar-refractivity contribution in [1.29, 1.82) is 0 Å². The molecule has 0 fully saturated rings. The summed E-state index contributed by atoms with van der Waals surface area (Å²) in [7, 11) is 0. The molecular formula is C37H71NO5. The molecule has 1 amide bonds. The number of aliphatic hydroxyl groups is 4. The Balaban J connectivity index is 3.85. The van der Waals surface area contributed by atoms with E-state index in [-0.39, 0.29) is 0 Å². The normalized spacial score (nSPS) is 14.8. The van der Waals surface area contributed by atoms with Crippen molar-refractivity contribution in [3.8, 4) is 0 Å². The molecule has 254 valence electrons. The molecule has 0 spiro atoms. The van der Waals surface area contributed by atoms with Crippen LogP contribution in [0.15, 0.2) is 24.3 Å². The van der Waals surface area contributed by atoms with E-state index in [4.69, 9.17) is 0 Å². The molecule has 6 heteroatoms. The van der Waals surface area contributed by atoms with E-state index in [2.05, 4.69) is 43.5 Å². The standard InChI is InChI=1S/C37H71NO5/c1-3-5-7-9-11-13-15-16-17-18-19-21-23-25-27-29-31-35(41)37(43)38-33(32-39)36(42)34(40)30-28-26-24-22-20-14-12-10-8-6-4-2/h10,12,22,24,33-36,39-42H,3-9,11,13-21,23,25-32H2,1-2H3,(H,38,43)/b12-10+,24-22+. The number of unbranched alkanes of at least 4 members (excludes halogenated alkanes) is 19. The summed E-state index contributed by atoms with van der Waals surface area (Å²) in [6.07, 6.45) is 33.4. The second-order valence-electron chi connectivity index (χ2n) is 12.6. The molecule has 0 rings (SSSR count). The zero-order valence-corrected chi connectivity index (χ0v) is 28.2. The van der Waals surface area contributed by atoms with Crippen LogP contribution in [0.1, 0.15) is 174 Å². The fourth-order valence-corrected chi connectivity index (χ4v) is 5.40. The number of carbonyl (C=O) groups excluding carboxylic acids is 1. The number of nitrogens with one attached hydrogen (secondary N) is 1. The van der Waals surface area contributed by atoms with E-state index < -0.39 is 36.9 Å². The van der Waals surface area contributed by atoms with Crippen molar-refractivity contribution >= 4 is 5.91 Å². The summed E-state index contributed by atoms with van der Waals surface area (Å²) in [4.78, 5) is 12.4. The van der Waals surface area contributed by atoms with Gasteiger partial charge in [0.25, 0.3) is 0 Å². The summed E-state index contributed by atoms with van der Waals surface area (Å²) < 4.78 is 0. The van der Waals surface area contributed by atoms with Crippen LogP contribution in [0.25, 0.3) is 0 Å². The number of hydrogen-bond donors (Lipinski definition) is 5. The molecule has 43 heavy (non-hydrogen) atoms. The topological polar surface area (TPSA) is 110 Å². The Morgan fingerprint density at radius 2 is 0.977 bits per heavy atom. The van der Waals surface area contributed by atoms with Gasteiger partial charge in [0.1, 0.15) is 12.2 Å². The molecule has 0 aliphatic carbocycles. The van der Waals surface area contributed by atoms with Gasteiger partial charge in [-0.3, -0.25) is 4.79 Å². The maximum Gasteiger partial charge on any atom is 0.249 e. The highest BCUT2D eigenvalue weighted by molar-refractivity contribution is 5.80. The lowest BCUT2D eigenvalue weighted by Crippen LogP contribution is -2.53. The molecule has 0 saturated carbocycles. The number of allylic oxidation sites excluding steroid dienone is 4. The van der Waals surface area contributed by atoms with Gasteiger partial charge >= 0.3 is 0 Å². The molecule has 0 bridgehead atoms. The summed E-state index contributed by atoms with van der Waals surface area (Å²) in [6.45, 7) is 3.96. The van der Waals surface area contributed by atoms with Crippen LogP contribution in [0.3, 0.4) is 0 Å². The zero-order chi connectivity index (χ0) is 31.8. The molecule has 4 atom stereocenters. The molecule has 0 radical (unpaired) electrons. The lowest BCUT2D eigenvalue weighted by molar-refractivity contribution is -0.132. The molecule has 0 aliphatic rings.